The number of ether oxygens (including phenoxy) is 1. The summed E-state index contributed by atoms with van der Waals surface area (Å²) in [6, 6.07) is 16.8. The Labute approximate surface area is 182 Å². The fraction of sp³-hybridized carbons (Fsp3) is 0.375. The Kier molecular flexibility index (Phi) is 7.28. The molecule has 2 N–H and O–H groups in total. The molecule has 2 aromatic carbocycles. The molecule has 164 valence electrons. The van der Waals surface area contributed by atoms with Gasteiger partial charge in [0.2, 0.25) is 17.7 Å². The molecule has 7 nitrogen and oxygen atoms in total. The van der Waals surface area contributed by atoms with Crippen LogP contribution in [0, 0.1) is 5.92 Å². The SMILES string of the molecule is COc1ccc(NC(=O)CNC(=O)CN(C(=O)C2CC2c2ccccc2)C(C)C)cc1. The molecule has 3 rings (SSSR count). The summed E-state index contributed by atoms with van der Waals surface area (Å²) in [6.45, 7) is 3.55. The molecule has 2 aromatic rings. The molecule has 3 amide bonds. The van der Waals surface area contributed by atoms with Crippen LogP contribution in [0.25, 0.3) is 0 Å². The third kappa shape index (κ3) is 6.07. The van der Waals surface area contributed by atoms with E-state index in [1.807, 2.05) is 44.2 Å². The second-order valence-corrected chi connectivity index (χ2v) is 7.97. The van der Waals surface area contributed by atoms with Gasteiger partial charge in [-0.25, -0.2) is 0 Å². The first-order valence-corrected chi connectivity index (χ1v) is 10.4. The molecule has 0 saturated heterocycles. The summed E-state index contributed by atoms with van der Waals surface area (Å²) < 4.78 is 5.08. The molecular formula is C24H29N3O4. The first-order valence-electron chi connectivity index (χ1n) is 10.4. The van der Waals surface area contributed by atoms with Crippen LogP contribution in [0.15, 0.2) is 54.6 Å². The minimum absolute atomic E-state index is 0.0123. The van der Waals surface area contributed by atoms with Gasteiger partial charge >= 0.3 is 0 Å². The van der Waals surface area contributed by atoms with Gasteiger partial charge in [0.05, 0.1) is 20.2 Å². The zero-order valence-corrected chi connectivity index (χ0v) is 18.1. The Bertz CT molecular complexity index is 912. The highest BCUT2D eigenvalue weighted by atomic mass is 16.5. The molecule has 0 radical (unpaired) electrons. The van der Waals surface area contributed by atoms with Crippen molar-refractivity contribution in [1.29, 1.82) is 0 Å². The number of amides is 3. The standard InChI is InChI=1S/C24H29N3O4/c1-16(2)27(24(30)21-13-20(21)17-7-5-4-6-8-17)15-23(29)25-14-22(28)26-18-9-11-19(31-3)12-10-18/h4-12,16,20-21H,13-15H2,1-3H3,(H,25,29)(H,26,28). The van der Waals surface area contributed by atoms with E-state index in [1.165, 1.54) is 0 Å². The highest BCUT2D eigenvalue weighted by molar-refractivity contribution is 5.95. The summed E-state index contributed by atoms with van der Waals surface area (Å²) in [5.74, 6) is 0.108. The van der Waals surface area contributed by atoms with E-state index in [0.29, 0.717) is 11.4 Å². The monoisotopic (exact) mass is 423 g/mol. The zero-order chi connectivity index (χ0) is 22.4. The summed E-state index contributed by atoms with van der Waals surface area (Å²) in [5.41, 5.74) is 1.77. The van der Waals surface area contributed by atoms with Crippen molar-refractivity contribution < 1.29 is 19.1 Å². The Morgan fingerprint density at radius 2 is 1.71 bits per heavy atom. The number of nitrogens with one attached hydrogen (secondary N) is 2. The number of hydrogen-bond acceptors (Lipinski definition) is 4. The Balaban J connectivity index is 1.48. The first kappa shape index (κ1) is 22.3. The lowest BCUT2D eigenvalue weighted by Gasteiger charge is -2.26. The molecule has 7 heteroatoms. The number of rotatable bonds is 9. The van der Waals surface area contributed by atoms with Crippen LogP contribution in [0.5, 0.6) is 5.75 Å². The van der Waals surface area contributed by atoms with E-state index in [-0.39, 0.29) is 48.7 Å². The largest absolute Gasteiger partial charge is 0.497 e. The topological polar surface area (TPSA) is 87.7 Å². The highest BCUT2D eigenvalue weighted by Gasteiger charge is 2.46. The van der Waals surface area contributed by atoms with Crippen LogP contribution in [-0.4, -0.2) is 48.9 Å². The molecule has 2 atom stereocenters. The van der Waals surface area contributed by atoms with Crippen LogP contribution in [0.3, 0.4) is 0 Å². The van der Waals surface area contributed by atoms with Gasteiger partial charge in [0, 0.05) is 17.6 Å². The normalized spacial score (nSPS) is 17.0. The fourth-order valence-electron chi connectivity index (χ4n) is 3.53. The van der Waals surface area contributed by atoms with Crippen LogP contribution >= 0.6 is 0 Å². The fourth-order valence-corrected chi connectivity index (χ4v) is 3.53. The number of anilines is 1. The second kappa shape index (κ2) is 10.1. The van der Waals surface area contributed by atoms with Crippen LogP contribution in [0.4, 0.5) is 5.69 Å². The van der Waals surface area contributed by atoms with Crippen molar-refractivity contribution in [3.63, 3.8) is 0 Å². The lowest BCUT2D eigenvalue weighted by atomic mass is 10.1. The molecule has 0 bridgehead atoms. The Morgan fingerprint density at radius 1 is 1.03 bits per heavy atom. The molecule has 31 heavy (non-hydrogen) atoms. The van der Waals surface area contributed by atoms with Gasteiger partial charge in [0.15, 0.2) is 0 Å². The minimum Gasteiger partial charge on any atom is -0.497 e. The third-order valence-corrected chi connectivity index (χ3v) is 5.38. The summed E-state index contributed by atoms with van der Waals surface area (Å²) in [4.78, 5) is 39.0. The van der Waals surface area contributed by atoms with Gasteiger partial charge in [0.1, 0.15) is 5.75 Å². The van der Waals surface area contributed by atoms with Crippen molar-refractivity contribution in [3.8, 4) is 5.75 Å². The molecule has 2 unspecified atom stereocenters. The first-order chi connectivity index (χ1) is 14.9. The Hall–Kier alpha value is -3.35. The molecule has 1 aliphatic carbocycles. The summed E-state index contributed by atoms with van der Waals surface area (Å²) >= 11 is 0. The number of methoxy groups -OCH3 is 1. The maximum Gasteiger partial charge on any atom is 0.243 e. The van der Waals surface area contributed by atoms with Crippen LogP contribution < -0.4 is 15.4 Å². The molecular weight excluding hydrogens is 394 g/mol. The van der Waals surface area contributed by atoms with Crippen molar-refractivity contribution in [1.82, 2.24) is 10.2 Å². The van der Waals surface area contributed by atoms with E-state index in [0.717, 1.165) is 12.0 Å². The molecule has 1 saturated carbocycles. The predicted octanol–water partition coefficient (Wildman–Crippen LogP) is 2.79. The van der Waals surface area contributed by atoms with Gasteiger partial charge in [-0.2, -0.15) is 0 Å². The molecule has 1 aliphatic rings. The van der Waals surface area contributed by atoms with E-state index >= 15 is 0 Å². The van der Waals surface area contributed by atoms with Gasteiger partial charge in [0.25, 0.3) is 0 Å². The number of nitrogens with zero attached hydrogens (tertiary/aromatic N) is 1. The van der Waals surface area contributed by atoms with Crippen molar-refractivity contribution in [3.05, 3.63) is 60.2 Å². The number of carbonyl (C=O) groups is 3. The van der Waals surface area contributed by atoms with Gasteiger partial charge in [-0.1, -0.05) is 30.3 Å². The second-order valence-electron chi connectivity index (χ2n) is 7.97. The number of hydrogen-bond donors (Lipinski definition) is 2. The maximum absolute atomic E-state index is 13.0. The average molecular weight is 424 g/mol. The predicted molar refractivity (Wildman–Crippen MR) is 119 cm³/mol. The van der Waals surface area contributed by atoms with Crippen molar-refractivity contribution in [2.24, 2.45) is 5.92 Å². The Morgan fingerprint density at radius 3 is 2.32 bits per heavy atom. The molecule has 0 heterocycles. The zero-order valence-electron chi connectivity index (χ0n) is 18.1. The van der Waals surface area contributed by atoms with E-state index in [2.05, 4.69) is 10.6 Å². The van der Waals surface area contributed by atoms with Gasteiger partial charge in [-0.3, -0.25) is 14.4 Å². The van der Waals surface area contributed by atoms with E-state index in [4.69, 9.17) is 4.74 Å². The van der Waals surface area contributed by atoms with E-state index in [1.54, 1.807) is 36.3 Å². The van der Waals surface area contributed by atoms with E-state index in [9.17, 15) is 14.4 Å². The average Bonchev–Trinajstić information content (AvgIpc) is 3.57. The third-order valence-electron chi connectivity index (χ3n) is 5.38. The van der Waals surface area contributed by atoms with Gasteiger partial charge < -0.3 is 20.3 Å². The molecule has 0 aromatic heterocycles. The lowest BCUT2D eigenvalue weighted by Crippen LogP contribution is -2.46. The number of benzene rings is 2. The molecule has 0 spiro atoms. The maximum atomic E-state index is 13.0. The van der Waals surface area contributed by atoms with Crippen molar-refractivity contribution in [2.75, 3.05) is 25.5 Å². The summed E-state index contributed by atoms with van der Waals surface area (Å²) in [5, 5.41) is 5.31. The summed E-state index contributed by atoms with van der Waals surface area (Å²) in [6.07, 6.45) is 0.804. The van der Waals surface area contributed by atoms with Gasteiger partial charge in [-0.15, -0.1) is 0 Å². The molecule has 0 aliphatic heterocycles. The van der Waals surface area contributed by atoms with Crippen molar-refractivity contribution in [2.45, 2.75) is 32.2 Å². The molecule has 1 fully saturated rings. The van der Waals surface area contributed by atoms with E-state index < -0.39 is 0 Å². The minimum atomic E-state index is -0.358. The van der Waals surface area contributed by atoms with Crippen LogP contribution in [-0.2, 0) is 14.4 Å². The van der Waals surface area contributed by atoms with Crippen LogP contribution in [0.2, 0.25) is 0 Å². The van der Waals surface area contributed by atoms with Gasteiger partial charge in [-0.05, 0) is 56.0 Å². The van der Waals surface area contributed by atoms with Crippen molar-refractivity contribution >= 4 is 23.4 Å². The quantitative estimate of drug-likeness (QED) is 0.649. The lowest BCUT2D eigenvalue weighted by molar-refractivity contribution is -0.139. The summed E-state index contributed by atoms with van der Waals surface area (Å²) in [7, 11) is 1.57. The highest BCUT2D eigenvalue weighted by Crippen LogP contribution is 2.48. The smallest absolute Gasteiger partial charge is 0.243 e. The van der Waals surface area contributed by atoms with Crippen LogP contribution in [0.1, 0.15) is 31.7 Å². The number of carbonyl (C=O) groups excluding carboxylic acids is 3.